The highest BCUT2D eigenvalue weighted by Crippen LogP contribution is 2.19. The molecular weight excluding hydrogens is 312 g/mol. The third-order valence-corrected chi connectivity index (χ3v) is 3.85. The molecule has 2 N–H and O–H groups in total. The fourth-order valence-electron chi connectivity index (χ4n) is 2.75. The van der Waals surface area contributed by atoms with E-state index in [0.717, 1.165) is 5.56 Å². The van der Waals surface area contributed by atoms with Crippen LogP contribution in [0.2, 0.25) is 0 Å². The van der Waals surface area contributed by atoms with Crippen LogP contribution in [0.5, 0.6) is 0 Å². The molecule has 0 saturated carbocycles. The van der Waals surface area contributed by atoms with Gasteiger partial charge in [0, 0.05) is 20.0 Å². The van der Waals surface area contributed by atoms with Crippen molar-refractivity contribution < 1.29 is 24.2 Å². The maximum absolute atomic E-state index is 12.6. The van der Waals surface area contributed by atoms with E-state index in [2.05, 4.69) is 5.32 Å². The number of carbonyl (C=O) groups is 3. The number of carboxylic acids is 1. The lowest BCUT2D eigenvalue weighted by molar-refractivity contribution is -0.148. The molecule has 2 atom stereocenters. The molecule has 0 radical (unpaired) electrons. The Bertz CT molecular complexity index is 590. The number of nitrogens with one attached hydrogen (secondary N) is 1. The second kappa shape index (κ2) is 8.44. The van der Waals surface area contributed by atoms with Crippen molar-refractivity contribution in [3.63, 3.8) is 0 Å². The molecule has 2 rings (SSSR count). The van der Waals surface area contributed by atoms with Crippen molar-refractivity contribution in [3.8, 4) is 0 Å². The Hall–Kier alpha value is -2.41. The average molecular weight is 334 g/mol. The van der Waals surface area contributed by atoms with Gasteiger partial charge < -0.3 is 20.1 Å². The van der Waals surface area contributed by atoms with Crippen LogP contribution in [-0.2, 0) is 19.1 Å². The van der Waals surface area contributed by atoms with Crippen molar-refractivity contribution >= 4 is 17.8 Å². The third kappa shape index (κ3) is 5.34. The molecular formula is C17H22N2O5. The first-order valence-electron chi connectivity index (χ1n) is 7.89. The maximum atomic E-state index is 12.6. The van der Waals surface area contributed by atoms with Crippen molar-refractivity contribution in [2.75, 3.05) is 19.7 Å². The van der Waals surface area contributed by atoms with Gasteiger partial charge in [0.25, 0.3) is 0 Å². The molecule has 1 aromatic carbocycles. The number of morpholine rings is 1. The summed E-state index contributed by atoms with van der Waals surface area (Å²) in [6.07, 6.45) is -0.489. The molecule has 7 heteroatoms. The van der Waals surface area contributed by atoms with E-state index < -0.39 is 18.1 Å². The third-order valence-electron chi connectivity index (χ3n) is 3.85. The first-order chi connectivity index (χ1) is 11.5. The normalized spacial score (nSPS) is 18.7. The van der Waals surface area contributed by atoms with Gasteiger partial charge >= 0.3 is 5.97 Å². The number of carboxylic acid groups (broad SMARTS) is 1. The molecule has 0 aromatic heterocycles. The van der Waals surface area contributed by atoms with E-state index in [4.69, 9.17) is 9.84 Å². The Morgan fingerprint density at radius 3 is 2.67 bits per heavy atom. The summed E-state index contributed by atoms with van der Waals surface area (Å²) in [5, 5.41) is 11.7. The summed E-state index contributed by atoms with van der Waals surface area (Å²) < 4.78 is 5.38. The molecule has 1 fully saturated rings. The summed E-state index contributed by atoms with van der Waals surface area (Å²) in [7, 11) is 0. The Balaban J connectivity index is 2.01. The monoisotopic (exact) mass is 334 g/mol. The van der Waals surface area contributed by atoms with Crippen LogP contribution >= 0.6 is 0 Å². The number of carbonyl (C=O) groups excluding carboxylic acids is 2. The van der Waals surface area contributed by atoms with Crippen LogP contribution in [0.25, 0.3) is 0 Å². The summed E-state index contributed by atoms with van der Waals surface area (Å²) in [6.45, 7) is 2.42. The summed E-state index contributed by atoms with van der Waals surface area (Å²) in [5.74, 6) is -1.28. The van der Waals surface area contributed by atoms with Crippen LogP contribution in [0, 0.1) is 0 Å². The zero-order chi connectivity index (χ0) is 17.5. The fourth-order valence-corrected chi connectivity index (χ4v) is 2.75. The number of aliphatic carboxylic acids is 1. The number of benzene rings is 1. The van der Waals surface area contributed by atoms with Gasteiger partial charge in [-0.1, -0.05) is 30.3 Å². The van der Waals surface area contributed by atoms with Crippen molar-refractivity contribution in [1.82, 2.24) is 10.2 Å². The van der Waals surface area contributed by atoms with Gasteiger partial charge in [-0.3, -0.25) is 14.4 Å². The van der Waals surface area contributed by atoms with Crippen molar-refractivity contribution in [3.05, 3.63) is 35.9 Å². The number of hydrogen-bond donors (Lipinski definition) is 2. The molecule has 2 amide bonds. The van der Waals surface area contributed by atoms with Crippen molar-refractivity contribution in [2.45, 2.75) is 31.9 Å². The second-order valence-corrected chi connectivity index (χ2v) is 5.80. The average Bonchev–Trinajstić information content (AvgIpc) is 2.54. The van der Waals surface area contributed by atoms with Crippen molar-refractivity contribution in [1.29, 1.82) is 0 Å². The largest absolute Gasteiger partial charge is 0.481 e. The van der Waals surface area contributed by atoms with Gasteiger partial charge in [0.1, 0.15) is 0 Å². The molecule has 1 aromatic rings. The van der Waals surface area contributed by atoms with Gasteiger partial charge in [0.2, 0.25) is 11.8 Å². The number of hydrogen-bond acceptors (Lipinski definition) is 4. The zero-order valence-electron chi connectivity index (χ0n) is 13.6. The zero-order valence-corrected chi connectivity index (χ0v) is 13.6. The van der Waals surface area contributed by atoms with Crippen LogP contribution in [-0.4, -0.2) is 53.6 Å². The van der Waals surface area contributed by atoms with E-state index in [1.54, 1.807) is 4.90 Å². The minimum absolute atomic E-state index is 0.127. The maximum Gasteiger partial charge on any atom is 0.306 e. The van der Waals surface area contributed by atoms with E-state index in [1.807, 2.05) is 30.3 Å². The Morgan fingerprint density at radius 2 is 2.04 bits per heavy atom. The molecule has 1 heterocycles. The predicted octanol–water partition coefficient (Wildman–Crippen LogP) is 0.956. The smallest absolute Gasteiger partial charge is 0.306 e. The second-order valence-electron chi connectivity index (χ2n) is 5.80. The quantitative estimate of drug-likeness (QED) is 0.808. The van der Waals surface area contributed by atoms with Crippen LogP contribution < -0.4 is 5.32 Å². The van der Waals surface area contributed by atoms with Crippen LogP contribution in [0.4, 0.5) is 0 Å². The molecule has 1 aliphatic heterocycles. The van der Waals surface area contributed by atoms with Crippen LogP contribution in [0.15, 0.2) is 30.3 Å². The van der Waals surface area contributed by atoms with Gasteiger partial charge in [-0.05, 0) is 5.56 Å². The van der Waals surface area contributed by atoms with Crippen molar-refractivity contribution in [2.24, 2.45) is 0 Å². The van der Waals surface area contributed by atoms with E-state index in [1.165, 1.54) is 6.92 Å². The van der Waals surface area contributed by atoms with Gasteiger partial charge in [0.15, 0.2) is 0 Å². The molecule has 1 saturated heterocycles. The molecule has 0 aliphatic carbocycles. The van der Waals surface area contributed by atoms with Gasteiger partial charge in [-0.2, -0.15) is 0 Å². The van der Waals surface area contributed by atoms with E-state index >= 15 is 0 Å². The fraction of sp³-hybridized carbons (Fsp3) is 0.471. The van der Waals surface area contributed by atoms with Gasteiger partial charge in [-0.15, -0.1) is 0 Å². The van der Waals surface area contributed by atoms with Gasteiger partial charge in [-0.25, -0.2) is 0 Å². The summed E-state index contributed by atoms with van der Waals surface area (Å²) >= 11 is 0. The van der Waals surface area contributed by atoms with Gasteiger partial charge in [0.05, 0.1) is 31.6 Å². The van der Waals surface area contributed by atoms with Crippen LogP contribution in [0.1, 0.15) is 31.4 Å². The van der Waals surface area contributed by atoms with Crippen LogP contribution in [0.3, 0.4) is 0 Å². The molecule has 2 unspecified atom stereocenters. The Kier molecular flexibility index (Phi) is 6.31. The molecule has 7 nitrogen and oxygen atoms in total. The first kappa shape index (κ1) is 17.9. The number of amides is 2. The number of nitrogens with zero attached hydrogens (tertiary/aromatic N) is 1. The highest BCUT2D eigenvalue weighted by Gasteiger charge is 2.28. The summed E-state index contributed by atoms with van der Waals surface area (Å²) in [5.41, 5.74) is 0.858. The first-order valence-corrected chi connectivity index (χ1v) is 7.89. The molecule has 1 aliphatic rings. The van der Waals surface area contributed by atoms with E-state index in [9.17, 15) is 14.4 Å². The highest BCUT2D eigenvalue weighted by molar-refractivity contribution is 5.79. The molecule has 0 bridgehead atoms. The molecule has 130 valence electrons. The number of rotatable bonds is 6. The lowest BCUT2D eigenvalue weighted by Crippen LogP contribution is -2.47. The van der Waals surface area contributed by atoms with E-state index in [0.29, 0.717) is 13.2 Å². The molecule has 0 spiro atoms. The standard InChI is InChI=1S/C17H22N2O5/c1-12(20)18-15(13-5-3-2-4-6-13)10-16(21)19-7-8-24-14(11-19)9-17(22)23/h2-6,14-15H,7-11H2,1H3,(H,18,20)(H,22,23). The summed E-state index contributed by atoms with van der Waals surface area (Å²) in [4.78, 5) is 36.4. The predicted molar refractivity (Wildman–Crippen MR) is 86.2 cm³/mol. The SMILES string of the molecule is CC(=O)NC(CC(=O)N1CCOC(CC(=O)O)C1)c1ccccc1. The minimum Gasteiger partial charge on any atom is -0.481 e. The topological polar surface area (TPSA) is 95.9 Å². The highest BCUT2D eigenvalue weighted by atomic mass is 16.5. The minimum atomic E-state index is -0.949. The summed E-state index contributed by atoms with van der Waals surface area (Å²) in [6, 6.07) is 8.89. The lowest BCUT2D eigenvalue weighted by Gasteiger charge is -2.33. The Morgan fingerprint density at radius 1 is 1.33 bits per heavy atom. The number of ether oxygens (including phenoxy) is 1. The Labute approximate surface area is 140 Å². The lowest BCUT2D eigenvalue weighted by atomic mass is 10.0. The molecule has 24 heavy (non-hydrogen) atoms. The van der Waals surface area contributed by atoms with E-state index in [-0.39, 0.29) is 31.2 Å².